The summed E-state index contributed by atoms with van der Waals surface area (Å²) in [5.41, 5.74) is 1.76. The van der Waals surface area contributed by atoms with Crippen LogP contribution in [-0.2, 0) is 0 Å². The minimum atomic E-state index is -0.242. The Morgan fingerprint density at radius 1 is 1.13 bits per heavy atom. The molecule has 2 amide bonds. The van der Waals surface area contributed by atoms with Gasteiger partial charge in [-0.25, -0.2) is 4.79 Å². The number of ether oxygens (including phenoxy) is 1. The maximum Gasteiger partial charge on any atom is 0.319 e. The van der Waals surface area contributed by atoms with Crippen LogP contribution in [0.3, 0.4) is 0 Å². The lowest BCUT2D eigenvalue weighted by atomic mass is 10.1. The number of benzene rings is 2. The molecule has 0 bridgehead atoms. The average molecular weight is 313 g/mol. The Hall–Kier alpha value is -2.53. The van der Waals surface area contributed by atoms with Gasteiger partial charge in [0.1, 0.15) is 5.75 Å². The third-order valence-electron chi connectivity index (χ3n) is 3.38. The molecule has 5 nitrogen and oxygen atoms in total. The molecular formula is C18H23N3O2. The summed E-state index contributed by atoms with van der Waals surface area (Å²) in [6, 6.07) is 16.9. The Labute approximate surface area is 137 Å². The Morgan fingerprint density at radius 3 is 2.52 bits per heavy atom. The number of methoxy groups -OCH3 is 1. The van der Waals surface area contributed by atoms with E-state index in [1.165, 1.54) is 0 Å². The van der Waals surface area contributed by atoms with E-state index in [9.17, 15) is 4.79 Å². The summed E-state index contributed by atoms with van der Waals surface area (Å²) >= 11 is 0. The van der Waals surface area contributed by atoms with Gasteiger partial charge in [0.05, 0.1) is 13.2 Å². The van der Waals surface area contributed by atoms with Gasteiger partial charge in [0.25, 0.3) is 0 Å². The Balaban J connectivity index is 2.05. The normalized spacial score (nSPS) is 11.8. The van der Waals surface area contributed by atoms with Crippen LogP contribution in [0.5, 0.6) is 5.75 Å². The highest BCUT2D eigenvalue weighted by atomic mass is 16.5. The predicted octanol–water partition coefficient (Wildman–Crippen LogP) is 3.12. The van der Waals surface area contributed by atoms with Crippen molar-refractivity contribution >= 4 is 11.7 Å². The summed E-state index contributed by atoms with van der Waals surface area (Å²) in [7, 11) is 5.57. The first kappa shape index (κ1) is 16.8. The fourth-order valence-corrected chi connectivity index (χ4v) is 2.31. The van der Waals surface area contributed by atoms with Crippen LogP contribution in [0.1, 0.15) is 11.6 Å². The van der Waals surface area contributed by atoms with Crippen LogP contribution in [-0.4, -0.2) is 38.7 Å². The van der Waals surface area contributed by atoms with Crippen LogP contribution in [0.25, 0.3) is 0 Å². The van der Waals surface area contributed by atoms with E-state index in [4.69, 9.17) is 4.74 Å². The number of carbonyl (C=O) groups excluding carboxylic acids is 1. The number of urea groups is 1. The van der Waals surface area contributed by atoms with Gasteiger partial charge < -0.3 is 20.3 Å². The molecule has 0 aromatic heterocycles. The van der Waals surface area contributed by atoms with Gasteiger partial charge in [0.2, 0.25) is 0 Å². The predicted molar refractivity (Wildman–Crippen MR) is 92.9 cm³/mol. The van der Waals surface area contributed by atoms with Crippen LogP contribution < -0.4 is 15.4 Å². The quantitative estimate of drug-likeness (QED) is 0.861. The van der Waals surface area contributed by atoms with Gasteiger partial charge in [0, 0.05) is 18.3 Å². The third kappa shape index (κ3) is 5.30. The van der Waals surface area contributed by atoms with Gasteiger partial charge in [-0.1, -0.05) is 36.4 Å². The van der Waals surface area contributed by atoms with Crippen molar-refractivity contribution in [3.05, 3.63) is 60.2 Å². The second kappa shape index (κ2) is 8.19. The molecule has 0 fully saturated rings. The molecule has 0 aliphatic heterocycles. The smallest absolute Gasteiger partial charge is 0.319 e. The van der Waals surface area contributed by atoms with Gasteiger partial charge in [-0.3, -0.25) is 0 Å². The standard InChI is InChI=1S/C18H23N3O2/c1-21(2)13-17(14-8-5-4-6-9-14)20-18(22)19-15-10-7-11-16(12-15)23-3/h4-12,17H,13H2,1-3H3,(H2,19,20,22)/t17-/m0/s1. The molecule has 1 atom stereocenters. The molecule has 0 aliphatic rings. The number of nitrogens with one attached hydrogen (secondary N) is 2. The number of rotatable bonds is 6. The molecule has 2 rings (SSSR count). The van der Waals surface area contributed by atoms with E-state index in [1.54, 1.807) is 13.2 Å². The fourth-order valence-electron chi connectivity index (χ4n) is 2.31. The summed E-state index contributed by atoms with van der Waals surface area (Å²) in [6.07, 6.45) is 0. The summed E-state index contributed by atoms with van der Waals surface area (Å²) in [5.74, 6) is 0.704. The lowest BCUT2D eigenvalue weighted by molar-refractivity contribution is 0.244. The van der Waals surface area contributed by atoms with Gasteiger partial charge >= 0.3 is 6.03 Å². The third-order valence-corrected chi connectivity index (χ3v) is 3.38. The van der Waals surface area contributed by atoms with Crippen molar-refractivity contribution in [2.45, 2.75) is 6.04 Å². The molecule has 0 saturated carbocycles. The topological polar surface area (TPSA) is 53.6 Å². The number of carbonyl (C=O) groups is 1. The zero-order valence-electron chi connectivity index (χ0n) is 13.7. The maximum absolute atomic E-state index is 12.3. The molecule has 23 heavy (non-hydrogen) atoms. The first-order valence-electron chi connectivity index (χ1n) is 7.49. The van der Waals surface area contributed by atoms with Crippen LogP contribution in [0.4, 0.5) is 10.5 Å². The van der Waals surface area contributed by atoms with E-state index in [0.29, 0.717) is 11.4 Å². The summed E-state index contributed by atoms with van der Waals surface area (Å²) in [4.78, 5) is 14.3. The maximum atomic E-state index is 12.3. The first-order valence-corrected chi connectivity index (χ1v) is 7.49. The van der Waals surface area contributed by atoms with E-state index in [1.807, 2.05) is 67.5 Å². The molecule has 0 spiro atoms. The second-order valence-electron chi connectivity index (χ2n) is 5.56. The van der Waals surface area contributed by atoms with Crippen LogP contribution in [0.2, 0.25) is 0 Å². The molecule has 0 aliphatic carbocycles. The van der Waals surface area contributed by atoms with E-state index in [-0.39, 0.29) is 12.1 Å². The van der Waals surface area contributed by atoms with E-state index >= 15 is 0 Å². The number of anilines is 1. The highest BCUT2D eigenvalue weighted by molar-refractivity contribution is 5.89. The molecular weight excluding hydrogens is 290 g/mol. The minimum Gasteiger partial charge on any atom is -0.497 e. The Morgan fingerprint density at radius 2 is 1.87 bits per heavy atom. The average Bonchev–Trinajstić information content (AvgIpc) is 2.54. The zero-order valence-corrected chi connectivity index (χ0v) is 13.7. The molecule has 2 aromatic carbocycles. The van der Waals surface area contributed by atoms with Gasteiger partial charge in [-0.15, -0.1) is 0 Å². The fraction of sp³-hybridized carbons (Fsp3) is 0.278. The van der Waals surface area contributed by atoms with Crippen molar-refractivity contribution < 1.29 is 9.53 Å². The SMILES string of the molecule is COc1cccc(NC(=O)N[C@@H](CN(C)C)c2ccccc2)c1. The molecule has 2 N–H and O–H groups in total. The molecule has 5 heteroatoms. The van der Waals surface area contributed by atoms with E-state index in [2.05, 4.69) is 10.6 Å². The van der Waals surface area contributed by atoms with E-state index in [0.717, 1.165) is 12.1 Å². The van der Waals surface area contributed by atoms with Crippen LogP contribution in [0, 0.1) is 0 Å². The second-order valence-corrected chi connectivity index (χ2v) is 5.56. The number of hydrogen-bond acceptors (Lipinski definition) is 3. The molecule has 0 radical (unpaired) electrons. The van der Waals surface area contributed by atoms with Crippen molar-refractivity contribution in [3.63, 3.8) is 0 Å². The summed E-state index contributed by atoms with van der Waals surface area (Å²) < 4.78 is 5.16. The summed E-state index contributed by atoms with van der Waals surface area (Å²) in [6.45, 7) is 0.718. The number of amides is 2. The van der Waals surface area contributed by atoms with Gasteiger partial charge in [-0.05, 0) is 31.8 Å². The van der Waals surface area contributed by atoms with Gasteiger partial charge in [0.15, 0.2) is 0 Å². The zero-order chi connectivity index (χ0) is 16.7. The van der Waals surface area contributed by atoms with Crippen molar-refractivity contribution in [1.82, 2.24) is 10.2 Å². The monoisotopic (exact) mass is 313 g/mol. The highest BCUT2D eigenvalue weighted by Crippen LogP contribution is 2.17. The molecule has 0 saturated heterocycles. The van der Waals surface area contributed by atoms with Gasteiger partial charge in [-0.2, -0.15) is 0 Å². The largest absolute Gasteiger partial charge is 0.497 e. The lowest BCUT2D eigenvalue weighted by Crippen LogP contribution is -2.37. The number of hydrogen-bond donors (Lipinski definition) is 2. The van der Waals surface area contributed by atoms with E-state index < -0.39 is 0 Å². The Kier molecular flexibility index (Phi) is 6.00. The number of likely N-dealkylation sites (N-methyl/N-ethyl adjacent to an activating group) is 1. The van der Waals surface area contributed by atoms with Crippen LogP contribution in [0.15, 0.2) is 54.6 Å². The molecule has 122 valence electrons. The van der Waals surface area contributed by atoms with Crippen molar-refractivity contribution in [2.24, 2.45) is 0 Å². The van der Waals surface area contributed by atoms with Crippen molar-refractivity contribution in [3.8, 4) is 5.75 Å². The molecule has 2 aromatic rings. The minimum absolute atomic E-state index is 0.0863. The highest BCUT2D eigenvalue weighted by Gasteiger charge is 2.15. The Bertz CT molecular complexity index is 629. The number of nitrogens with zero attached hydrogens (tertiary/aromatic N) is 1. The van der Waals surface area contributed by atoms with Crippen LogP contribution >= 0.6 is 0 Å². The lowest BCUT2D eigenvalue weighted by Gasteiger charge is -2.23. The van der Waals surface area contributed by atoms with Crippen molar-refractivity contribution in [1.29, 1.82) is 0 Å². The molecule has 0 heterocycles. The molecule has 0 unspecified atom stereocenters. The summed E-state index contributed by atoms with van der Waals surface area (Å²) in [5, 5.41) is 5.86. The van der Waals surface area contributed by atoms with Crippen molar-refractivity contribution in [2.75, 3.05) is 33.1 Å². The first-order chi connectivity index (χ1) is 11.1.